The third-order valence-corrected chi connectivity index (χ3v) is 5.83. The molecule has 25 heavy (non-hydrogen) atoms. The van der Waals surface area contributed by atoms with E-state index in [2.05, 4.69) is 4.18 Å². The molecular weight excluding hydrogens is 377 g/mol. The second-order valence-corrected chi connectivity index (χ2v) is 7.85. The molecule has 9 heteroatoms. The number of alkyl halides is 3. The average molecular weight is 384 g/mol. The van der Waals surface area contributed by atoms with Crippen molar-refractivity contribution in [3.05, 3.63) is 48.0 Å². The highest BCUT2D eigenvalue weighted by Crippen LogP contribution is 2.47. The minimum absolute atomic E-state index is 0.150. The first-order valence-electron chi connectivity index (χ1n) is 6.90. The van der Waals surface area contributed by atoms with E-state index in [9.17, 15) is 26.4 Å². The summed E-state index contributed by atoms with van der Waals surface area (Å²) in [6.07, 6.45) is 0. The SMILES string of the molecule is O=C1Sc2c3ccccc3cc3c(OS(=O)(=O)C(F)(F)F)ccc1c23. The van der Waals surface area contributed by atoms with Crippen molar-refractivity contribution in [3.8, 4) is 5.75 Å². The summed E-state index contributed by atoms with van der Waals surface area (Å²) < 4.78 is 64.9. The third-order valence-electron chi connectivity index (χ3n) is 3.84. The van der Waals surface area contributed by atoms with Crippen molar-refractivity contribution in [1.82, 2.24) is 0 Å². The highest BCUT2D eigenvalue weighted by atomic mass is 32.2. The molecule has 0 unspecified atom stereocenters. The summed E-state index contributed by atoms with van der Waals surface area (Å²) in [4.78, 5) is 12.8. The van der Waals surface area contributed by atoms with Crippen LogP contribution in [0.2, 0.25) is 0 Å². The number of hydrogen-bond donors (Lipinski definition) is 0. The second-order valence-electron chi connectivity index (χ2n) is 5.33. The Hall–Kier alpha value is -2.26. The lowest BCUT2D eigenvalue weighted by Gasteiger charge is -2.13. The Balaban J connectivity index is 2.05. The summed E-state index contributed by atoms with van der Waals surface area (Å²) in [6, 6.07) is 10.9. The van der Waals surface area contributed by atoms with Gasteiger partial charge in [0.05, 0.1) is 0 Å². The van der Waals surface area contributed by atoms with Gasteiger partial charge in [-0.25, -0.2) is 0 Å². The van der Waals surface area contributed by atoms with Crippen molar-refractivity contribution in [2.75, 3.05) is 0 Å². The van der Waals surface area contributed by atoms with E-state index in [0.29, 0.717) is 21.2 Å². The molecule has 0 spiro atoms. The molecule has 0 radical (unpaired) electrons. The zero-order chi connectivity index (χ0) is 18.0. The summed E-state index contributed by atoms with van der Waals surface area (Å²) in [5.41, 5.74) is -5.22. The van der Waals surface area contributed by atoms with Crippen molar-refractivity contribution in [1.29, 1.82) is 0 Å². The van der Waals surface area contributed by atoms with Gasteiger partial charge in [0.25, 0.3) is 0 Å². The molecule has 4 nitrogen and oxygen atoms in total. The van der Waals surface area contributed by atoms with Crippen LogP contribution in [-0.4, -0.2) is 19.0 Å². The minimum atomic E-state index is -5.81. The van der Waals surface area contributed by atoms with Gasteiger partial charge in [-0.05, 0) is 40.7 Å². The van der Waals surface area contributed by atoms with Crippen LogP contribution in [-0.2, 0) is 10.1 Å². The van der Waals surface area contributed by atoms with Crippen LogP contribution in [0.15, 0.2) is 47.4 Å². The Labute approximate surface area is 143 Å². The Kier molecular flexibility index (Phi) is 3.32. The van der Waals surface area contributed by atoms with Crippen LogP contribution in [0.1, 0.15) is 10.4 Å². The fourth-order valence-electron chi connectivity index (χ4n) is 2.77. The number of fused-ring (bicyclic) bond motifs is 2. The number of hydrogen-bond acceptors (Lipinski definition) is 5. The van der Waals surface area contributed by atoms with Crippen LogP contribution in [0, 0.1) is 0 Å². The van der Waals surface area contributed by atoms with Gasteiger partial charge in [0, 0.05) is 21.2 Å². The van der Waals surface area contributed by atoms with Crippen molar-refractivity contribution >= 4 is 48.5 Å². The number of carbonyl (C=O) groups excluding carboxylic acids is 1. The van der Waals surface area contributed by atoms with E-state index in [0.717, 1.165) is 23.2 Å². The van der Waals surface area contributed by atoms with Crippen molar-refractivity contribution in [2.24, 2.45) is 0 Å². The molecule has 1 aliphatic heterocycles. The molecule has 128 valence electrons. The Morgan fingerprint density at radius 1 is 1.00 bits per heavy atom. The summed E-state index contributed by atoms with van der Waals surface area (Å²) >= 11 is 0.965. The van der Waals surface area contributed by atoms with Crippen molar-refractivity contribution in [2.45, 2.75) is 10.4 Å². The van der Waals surface area contributed by atoms with Crippen LogP contribution in [0.25, 0.3) is 21.5 Å². The lowest BCUT2D eigenvalue weighted by atomic mass is 9.99. The molecule has 4 rings (SSSR count). The summed E-state index contributed by atoms with van der Waals surface area (Å²) in [6.45, 7) is 0. The Morgan fingerprint density at radius 3 is 2.44 bits per heavy atom. The molecule has 0 amide bonds. The number of carbonyl (C=O) groups is 1. The predicted octanol–water partition coefficient (Wildman–Crippen LogP) is 4.47. The molecule has 1 heterocycles. The fourth-order valence-corrected chi connectivity index (χ4v) is 4.33. The van der Waals surface area contributed by atoms with E-state index < -0.39 is 21.4 Å². The van der Waals surface area contributed by atoms with Crippen LogP contribution >= 0.6 is 11.8 Å². The molecule has 0 bridgehead atoms. The highest BCUT2D eigenvalue weighted by molar-refractivity contribution is 8.15. The quantitative estimate of drug-likeness (QED) is 0.371. The Bertz CT molecular complexity index is 1170. The van der Waals surface area contributed by atoms with Gasteiger partial charge in [0.15, 0.2) is 5.75 Å². The predicted molar refractivity (Wildman–Crippen MR) is 87.2 cm³/mol. The standard InChI is InChI=1S/C16H7F3O4S2/c17-16(18,19)25(21,22)23-12-6-5-10-13-11(12)7-8-3-1-2-4-9(8)14(13)24-15(10)20/h1-7H. The fraction of sp³-hybridized carbons (Fsp3) is 0.0625. The zero-order valence-electron chi connectivity index (χ0n) is 12.1. The average Bonchev–Trinajstić information content (AvgIpc) is 2.87. The summed E-state index contributed by atoms with van der Waals surface area (Å²) in [7, 11) is -5.81. The summed E-state index contributed by atoms with van der Waals surface area (Å²) in [5, 5.41) is 1.74. The third kappa shape index (κ3) is 2.37. The molecule has 3 aromatic rings. The van der Waals surface area contributed by atoms with Crippen LogP contribution in [0.3, 0.4) is 0 Å². The number of halogens is 3. The number of thioether (sulfide) groups is 1. The normalized spacial score (nSPS) is 14.4. The molecule has 0 saturated carbocycles. The molecule has 3 aromatic carbocycles. The monoisotopic (exact) mass is 384 g/mol. The van der Waals surface area contributed by atoms with Crippen molar-refractivity contribution < 1.29 is 30.6 Å². The van der Waals surface area contributed by atoms with E-state index in [4.69, 9.17) is 0 Å². The van der Waals surface area contributed by atoms with Gasteiger partial charge in [-0.15, -0.1) is 0 Å². The van der Waals surface area contributed by atoms with Crippen LogP contribution in [0.4, 0.5) is 13.2 Å². The van der Waals surface area contributed by atoms with Crippen LogP contribution in [0.5, 0.6) is 5.75 Å². The van der Waals surface area contributed by atoms with E-state index in [1.54, 1.807) is 24.3 Å². The molecular formula is C16H7F3O4S2. The zero-order valence-corrected chi connectivity index (χ0v) is 13.8. The second kappa shape index (κ2) is 5.12. The molecule has 0 aromatic heterocycles. The Morgan fingerprint density at radius 2 is 1.72 bits per heavy atom. The molecule has 0 fully saturated rings. The number of rotatable bonds is 2. The maximum atomic E-state index is 12.6. The van der Waals surface area contributed by atoms with Crippen LogP contribution < -0.4 is 4.18 Å². The lowest BCUT2D eigenvalue weighted by Crippen LogP contribution is -2.28. The first-order valence-corrected chi connectivity index (χ1v) is 9.13. The van der Waals surface area contributed by atoms with Gasteiger partial charge in [-0.1, -0.05) is 24.3 Å². The molecule has 0 atom stereocenters. The first kappa shape index (κ1) is 16.2. The van der Waals surface area contributed by atoms with Gasteiger partial charge in [-0.2, -0.15) is 21.6 Å². The first-order chi connectivity index (χ1) is 11.7. The molecule has 0 aliphatic carbocycles. The largest absolute Gasteiger partial charge is 0.534 e. The van der Waals surface area contributed by atoms with Gasteiger partial charge in [-0.3, -0.25) is 4.79 Å². The number of benzene rings is 3. The lowest BCUT2D eigenvalue weighted by molar-refractivity contribution is -0.0499. The summed E-state index contributed by atoms with van der Waals surface area (Å²) in [5.74, 6) is -0.460. The molecule has 1 aliphatic rings. The maximum Gasteiger partial charge on any atom is 0.534 e. The minimum Gasteiger partial charge on any atom is -0.375 e. The van der Waals surface area contributed by atoms with Gasteiger partial charge >= 0.3 is 15.6 Å². The van der Waals surface area contributed by atoms with Gasteiger partial charge in [0.1, 0.15) is 0 Å². The van der Waals surface area contributed by atoms with E-state index in [1.807, 2.05) is 0 Å². The highest BCUT2D eigenvalue weighted by Gasteiger charge is 2.48. The van der Waals surface area contributed by atoms with Gasteiger partial charge < -0.3 is 4.18 Å². The van der Waals surface area contributed by atoms with E-state index in [-0.39, 0.29) is 10.5 Å². The maximum absolute atomic E-state index is 12.6. The molecule has 0 saturated heterocycles. The molecule has 0 N–H and O–H groups in total. The van der Waals surface area contributed by atoms with Crippen molar-refractivity contribution in [3.63, 3.8) is 0 Å². The smallest absolute Gasteiger partial charge is 0.375 e. The van der Waals surface area contributed by atoms with E-state index in [1.165, 1.54) is 12.1 Å². The topological polar surface area (TPSA) is 60.4 Å². The van der Waals surface area contributed by atoms with E-state index >= 15 is 0 Å². The van der Waals surface area contributed by atoms with Gasteiger partial charge in [0.2, 0.25) is 5.12 Å².